The van der Waals surface area contributed by atoms with E-state index in [2.05, 4.69) is 6.08 Å². The quantitative estimate of drug-likeness (QED) is 0.0959. The Hall–Kier alpha value is -5.79. The number of rotatable bonds is 6. The number of benzene rings is 5. The van der Waals surface area contributed by atoms with Gasteiger partial charge in [0.15, 0.2) is 5.57 Å². The third-order valence-electron chi connectivity index (χ3n) is 12.9. The van der Waals surface area contributed by atoms with Crippen molar-refractivity contribution in [2.45, 2.75) is 91.2 Å². The van der Waals surface area contributed by atoms with Crippen LogP contribution in [0.25, 0.3) is 33.0 Å². The number of fused-ring (bicyclic) bond motifs is 4. The summed E-state index contributed by atoms with van der Waals surface area (Å²) in [6.07, 6.45) is -17.5. The second-order valence-corrected chi connectivity index (χ2v) is 19.7. The average Bonchev–Trinajstić information content (AvgIpc) is 3.35. The Balaban J connectivity index is 1.76. The summed E-state index contributed by atoms with van der Waals surface area (Å²) in [7, 11) is 4.29. The molecule has 5 aromatic rings. The lowest BCUT2D eigenvalue weighted by Gasteiger charge is -2.40. The predicted octanol–water partition coefficient (Wildman–Crippen LogP) is 16.2. The van der Waals surface area contributed by atoms with E-state index in [-0.39, 0.29) is 80.2 Å². The number of halogens is 12. The Labute approximate surface area is 387 Å². The van der Waals surface area contributed by atoms with E-state index in [1.807, 2.05) is 49.4 Å². The zero-order chi connectivity index (χ0) is 50.5. The summed E-state index contributed by atoms with van der Waals surface area (Å²) >= 11 is 0. The van der Waals surface area contributed by atoms with Crippen LogP contribution in [0.4, 0.5) is 52.7 Å². The van der Waals surface area contributed by atoms with E-state index in [4.69, 9.17) is 9.47 Å². The van der Waals surface area contributed by atoms with Crippen molar-refractivity contribution >= 4 is 21.9 Å². The minimum atomic E-state index is -5.23. The van der Waals surface area contributed by atoms with Crippen LogP contribution in [0.5, 0.6) is 5.75 Å². The van der Waals surface area contributed by atoms with E-state index in [1.54, 1.807) is 54.7 Å². The van der Waals surface area contributed by atoms with Gasteiger partial charge < -0.3 is 14.0 Å². The van der Waals surface area contributed by atoms with Gasteiger partial charge in [-0.2, -0.15) is 52.7 Å². The van der Waals surface area contributed by atoms with Gasteiger partial charge in [0.25, 0.3) is 0 Å². The van der Waals surface area contributed by atoms with Crippen molar-refractivity contribution in [3.63, 3.8) is 0 Å². The molecular weight excluding hydrogens is 911 g/mol. The Morgan fingerprint density at radius 3 is 1.56 bits per heavy atom. The summed E-state index contributed by atoms with van der Waals surface area (Å²) in [5.41, 5.74) is -7.27. The van der Waals surface area contributed by atoms with E-state index in [1.165, 1.54) is 14.2 Å². The SMILES string of the molecule is COC1=C(C(C)(C)C)[C+]=C2C(=C1c1cc(C(F)(F)F)cc(C(F)(F)F)c1)C[N@@+](C)(C(C)c1cccc3ccccc13)Cc1c2cc(C(C)(C)C)c(OC)c1-c1cc(C(F)(F)F)cc(C(F)(F)F)c1. The Bertz CT molecular complexity index is 2850. The molecule has 0 N–H and O–H groups in total. The minimum Gasteiger partial charge on any atom is -0.496 e. The van der Waals surface area contributed by atoms with Gasteiger partial charge in [0.2, 0.25) is 5.76 Å². The maximum atomic E-state index is 14.7. The van der Waals surface area contributed by atoms with Gasteiger partial charge >= 0.3 is 24.7 Å². The third-order valence-corrected chi connectivity index (χ3v) is 12.9. The summed E-state index contributed by atoms with van der Waals surface area (Å²) in [5.74, 6) is -0.0806. The summed E-state index contributed by atoms with van der Waals surface area (Å²) in [6.45, 7) is 12.1. The van der Waals surface area contributed by atoms with Crippen LogP contribution in [-0.2, 0) is 41.4 Å². The van der Waals surface area contributed by atoms with Gasteiger partial charge in [-0.3, -0.25) is 0 Å². The first-order valence-electron chi connectivity index (χ1n) is 21.5. The van der Waals surface area contributed by atoms with Crippen LogP contribution in [0.1, 0.15) is 105 Å². The highest BCUT2D eigenvalue weighted by Gasteiger charge is 2.50. The van der Waals surface area contributed by atoms with E-state index in [0.717, 1.165) is 16.3 Å². The van der Waals surface area contributed by atoms with Gasteiger partial charge in [-0.1, -0.05) is 84.0 Å². The highest BCUT2D eigenvalue weighted by atomic mass is 19.4. The summed E-state index contributed by atoms with van der Waals surface area (Å²) < 4.78 is 189. The molecule has 1 heterocycles. The molecule has 0 saturated carbocycles. The van der Waals surface area contributed by atoms with Gasteiger partial charge in [0, 0.05) is 33.7 Å². The number of allylic oxidation sites excluding steroid dienone is 3. The molecule has 0 saturated heterocycles. The molecule has 5 aromatic carbocycles. The molecule has 1 aliphatic carbocycles. The van der Waals surface area contributed by atoms with Gasteiger partial charge in [-0.25, -0.2) is 0 Å². The van der Waals surface area contributed by atoms with Crippen molar-refractivity contribution in [1.82, 2.24) is 0 Å². The number of nitrogens with zero attached hydrogens (tertiary/aromatic N) is 1. The fraction of sp³-hybridized carbons (Fsp3) is 0.358. The van der Waals surface area contributed by atoms with Crippen molar-refractivity contribution in [2.75, 3.05) is 27.8 Å². The van der Waals surface area contributed by atoms with Gasteiger partial charge in [-0.15, -0.1) is 0 Å². The number of quaternary nitrogens is 1. The largest absolute Gasteiger partial charge is 0.496 e. The topological polar surface area (TPSA) is 18.5 Å². The number of methoxy groups -OCH3 is 2. The van der Waals surface area contributed by atoms with E-state index < -0.39 is 75.0 Å². The number of ether oxygens (including phenoxy) is 2. The summed E-state index contributed by atoms with van der Waals surface area (Å²) in [5, 5.41) is 1.65. The van der Waals surface area contributed by atoms with Crippen molar-refractivity contribution in [3.8, 4) is 16.9 Å². The molecule has 3 nitrogen and oxygen atoms in total. The van der Waals surface area contributed by atoms with Crippen LogP contribution in [0.2, 0.25) is 0 Å². The molecule has 0 amide bonds. The molecule has 0 aromatic heterocycles. The van der Waals surface area contributed by atoms with Crippen LogP contribution in [0.15, 0.2) is 102 Å². The first-order chi connectivity index (χ1) is 31.2. The maximum absolute atomic E-state index is 14.7. The zero-order valence-corrected chi connectivity index (χ0v) is 38.9. The average molecular weight is 960 g/mol. The second kappa shape index (κ2) is 16.7. The molecule has 0 radical (unpaired) electrons. The zero-order valence-electron chi connectivity index (χ0n) is 38.9. The fourth-order valence-corrected chi connectivity index (χ4v) is 9.44. The third kappa shape index (κ3) is 9.23. The number of likely N-dealkylation sites (N-methyl/N-ethyl adjacent to an activating group) is 1. The molecule has 68 heavy (non-hydrogen) atoms. The highest BCUT2D eigenvalue weighted by molar-refractivity contribution is 6.00. The molecule has 7 rings (SSSR count). The molecule has 0 bridgehead atoms. The first kappa shape index (κ1) is 50.1. The predicted molar refractivity (Wildman–Crippen MR) is 238 cm³/mol. The maximum Gasteiger partial charge on any atom is 0.416 e. The van der Waals surface area contributed by atoms with Crippen LogP contribution >= 0.6 is 0 Å². The second-order valence-electron chi connectivity index (χ2n) is 19.7. The molecule has 0 spiro atoms. The van der Waals surface area contributed by atoms with Crippen LogP contribution in [-0.4, -0.2) is 32.3 Å². The Kier molecular flexibility index (Phi) is 12.3. The Morgan fingerprint density at radius 2 is 1.09 bits per heavy atom. The molecular formula is C53H49F12NO2+2. The molecule has 2 aliphatic rings. The number of hydrogen-bond donors (Lipinski definition) is 0. The van der Waals surface area contributed by atoms with E-state index >= 15 is 0 Å². The summed E-state index contributed by atoms with van der Waals surface area (Å²) in [4.78, 5) is 0. The van der Waals surface area contributed by atoms with Crippen molar-refractivity contribution in [1.29, 1.82) is 0 Å². The van der Waals surface area contributed by atoms with Gasteiger partial charge in [0.1, 0.15) is 41.6 Å². The lowest BCUT2D eigenvalue weighted by molar-refractivity contribution is -0.945. The molecule has 360 valence electrons. The van der Waals surface area contributed by atoms with Crippen LogP contribution in [0, 0.1) is 11.5 Å². The standard InChI is InChI=1S/C53H49F12NO2/c1-28(36-17-13-15-29-14-11-12-16-37(29)36)66(8)26-40-38(24-42(48(2,3)4)46(67-9)44(40)30-18-32(50(54,55)56)22-33(19-30)51(57,58)59)39-25-43(49(5,6)7)47(68-10)45(41(39)27-66)31-20-34(52(60,61)62)23-35(21-31)53(63,64)65/h11-24,28H,26-27H2,1-10H3/q+2/t28?,66-/m0/s1. The van der Waals surface area contributed by atoms with E-state index in [0.29, 0.717) is 29.8 Å². The van der Waals surface area contributed by atoms with Crippen LogP contribution in [0.3, 0.4) is 0 Å². The first-order valence-corrected chi connectivity index (χ1v) is 21.5. The van der Waals surface area contributed by atoms with Crippen molar-refractivity contribution < 1.29 is 66.6 Å². The van der Waals surface area contributed by atoms with Gasteiger partial charge in [0.05, 0.1) is 54.6 Å². The minimum absolute atomic E-state index is 0.0195. The highest BCUT2D eigenvalue weighted by Crippen LogP contribution is 2.55. The molecule has 2 atom stereocenters. The fourth-order valence-electron chi connectivity index (χ4n) is 9.44. The smallest absolute Gasteiger partial charge is 0.416 e. The molecule has 15 heteroatoms. The normalized spacial score (nSPS) is 17.9. The molecule has 1 unspecified atom stereocenters. The number of alkyl halides is 12. The lowest BCUT2D eigenvalue weighted by atomic mass is 9.73. The number of hydrogen-bond acceptors (Lipinski definition) is 2. The molecule has 1 aliphatic heterocycles. The van der Waals surface area contributed by atoms with Crippen LogP contribution < -0.4 is 4.74 Å². The monoisotopic (exact) mass is 959 g/mol. The Morgan fingerprint density at radius 1 is 0.588 bits per heavy atom. The van der Waals surface area contributed by atoms with Crippen molar-refractivity contribution in [2.24, 2.45) is 5.41 Å². The van der Waals surface area contributed by atoms with Crippen molar-refractivity contribution in [3.05, 3.63) is 158 Å². The van der Waals surface area contributed by atoms with Gasteiger partial charge in [-0.05, 0) is 71.1 Å². The van der Waals surface area contributed by atoms with E-state index in [9.17, 15) is 52.7 Å². The molecule has 0 fully saturated rings. The lowest BCUT2D eigenvalue weighted by Crippen LogP contribution is -2.46. The summed E-state index contributed by atoms with van der Waals surface area (Å²) in [6, 6.07) is 16.7.